The number of likely N-dealkylation sites (tertiary alicyclic amines) is 1. The smallest absolute Gasteiger partial charge is 0.269 e. The van der Waals surface area contributed by atoms with E-state index in [0.29, 0.717) is 25.9 Å². The molecule has 30 heavy (non-hydrogen) atoms. The second kappa shape index (κ2) is 8.60. The number of carbonyl (C=O) groups excluding carboxylic acids is 1. The van der Waals surface area contributed by atoms with Gasteiger partial charge < -0.3 is 14.9 Å². The molecule has 2 fully saturated rings. The van der Waals surface area contributed by atoms with Crippen LogP contribution in [0.15, 0.2) is 35.3 Å². The third-order valence-corrected chi connectivity index (χ3v) is 6.51. The van der Waals surface area contributed by atoms with Crippen LogP contribution in [0.25, 0.3) is 0 Å². The van der Waals surface area contributed by atoms with Crippen molar-refractivity contribution in [3.8, 4) is 0 Å². The molecule has 2 saturated heterocycles. The van der Waals surface area contributed by atoms with Gasteiger partial charge in [0.1, 0.15) is 0 Å². The minimum Gasteiger partial charge on any atom is -0.393 e. The van der Waals surface area contributed by atoms with Gasteiger partial charge in [-0.15, -0.1) is 0 Å². The summed E-state index contributed by atoms with van der Waals surface area (Å²) in [5.41, 5.74) is 3.52. The quantitative estimate of drug-likeness (QED) is 0.840. The molecule has 1 amide bonds. The number of aryl methyl sites for hydroxylation is 1. The first-order chi connectivity index (χ1) is 14.4. The summed E-state index contributed by atoms with van der Waals surface area (Å²) >= 11 is 0. The molecule has 0 aliphatic carbocycles. The first-order valence-electron chi connectivity index (χ1n) is 10.8. The lowest BCUT2D eigenvalue weighted by molar-refractivity contribution is 0.0669. The van der Waals surface area contributed by atoms with Gasteiger partial charge in [-0.1, -0.05) is 12.1 Å². The van der Waals surface area contributed by atoms with Crippen molar-refractivity contribution in [1.29, 1.82) is 0 Å². The fraction of sp³-hybridized carbons (Fsp3) is 0.522. The summed E-state index contributed by atoms with van der Waals surface area (Å²) in [4.78, 5) is 29.9. The van der Waals surface area contributed by atoms with E-state index in [9.17, 15) is 14.7 Å². The van der Waals surface area contributed by atoms with Crippen LogP contribution in [0.1, 0.15) is 53.2 Å². The van der Waals surface area contributed by atoms with Crippen molar-refractivity contribution < 1.29 is 9.90 Å². The number of benzene rings is 1. The average Bonchev–Trinajstić information content (AvgIpc) is 2.76. The predicted molar refractivity (Wildman–Crippen MR) is 116 cm³/mol. The number of aliphatic hydroxyl groups excluding tert-OH is 1. The number of piperidine rings is 2. The monoisotopic (exact) mass is 410 g/mol. The number of amides is 1. The molecule has 7 heteroatoms. The van der Waals surface area contributed by atoms with Crippen LogP contribution in [0.4, 0.5) is 5.69 Å². The minimum atomic E-state index is -0.252. The molecule has 0 bridgehead atoms. The molecule has 160 valence electrons. The van der Waals surface area contributed by atoms with Crippen molar-refractivity contribution in [3.05, 3.63) is 57.5 Å². The Balaban J connectivity index is 1.50. The van der Waals surface area contributed by atoms with Gasteiger partial charge in [-0.25, -0.2) is 4.68 Å². The second-order valence-corrected chi connectivity index (χ2v) is 8.51. The number of anilines is 1. The predicted octanol–water partition coefficient (Wildman–Crippen LogP) is 2.30. The fourth-order valence-electron chi connectivity index (χ4n) is 4.47. The summed E-state index contributed by atoms with van der Waals surface area (Å²) < 4.78 is 1.53. The third kappa shape index (κ3) is 4.12. The van der Waals surface area contributed by atoms with Crippen LogP contribution in [-0.2, 0) is 0 Å². The lowest BCUT2D eigenvalue weighted by atomic mass is 10.00. The molecule has 1 atom stereocenters. The molecule has 1 aromatic carbocycles. The van der Waals surface area contributed by atoms with Gasteiger partial charge in [-0.2, -0.15) is 5.10 Å². The largest absolute Gasteiger partial charge is 0.393 e. The second-order valence-electron chi connectivity index (χ2n) is 8.51. The summed E-state index contributed by atoms with van der Waals surface area (Å²) in [7, 11) is 0. The molecule has 1 N–H and O–H groups in total. The van der Waals surface area contributed by atoms with E-state index in [1.807, 2.05) is 36.9 Å². The SMILES string of the molecule is Cc1cccc(C(=O)N2CCC[C@H](n3ncc(N4CCC(O)CC4)cc3=O)C2)c1C. The number of aromatic nitrogens is 2. The molecular formula is C23H30N4O3. The number of hydrogen-bond donors (Lipinski definition) is 1. The molecule has 0 saturated carbocycles. The van der Waals surface area contributed by atoms with E-state index in [-0.39, 0.29) is 23.6 Å². The number of rotatable bonds is 3. The molecule has 3 heterocycles. The summed E-state index contributed by atoms with van der Waals surface area (Å²) in [6.07, 6.45) is 4.59. The van der Waals surface area contributed by atoms with Crippen LogP contribution >= 0.6 is 0 Å². The van der Waals surface area contributed by atoms with Crippen LogP contribution < -0.4 is 10.5 Å². The number of hydrogen-bond acceptors (Lipinski definition) is 5. The van der Waals surface area contributed by atoms with E-state index in [4.69, 9.17) is 0 Å². The molecule has 7 nitrogen and oxygen atoms in total. The highest BCUT2D eigenvalue weighted by Gasteiger charge is 2.28. The molecular weight excluding hydrogens is 380 g/mol. The van der Waals surface area contributed by atoms with Gasteiger partial charge in [0.25, 0.3) is 11.5 Å². The van der Waals surface area contributed by atoms with Crippen LogP contribution in [0.2, 0.25) is 0 Å². The summed E-state index contributed by atoms with van der Waals surface area (Å²) in [5, 5.41) is 14.1. The number of aliphatic hydroxyl groups is 1. The number of nitrogens with zero attached hydrogens (tertiary/aromatic N) is 4. The number of carbonyl (C=O) groups is 1. The molecule has 1 aromatic heterocycles. The zero-order chi connectivity index (χ0) is 21.3. The van der Waals surface area contributed by atoms with Gasteiger partial charge in [0.05, 0.1) is 24.0 Å². The van der Waals surface area contributed by atoms with E-state index in [2.05, 4.69) is 10.00 Å². The van der Waals surface area contributed by atoms with E-state index < -0.39 is 0 Å². The van der Waals surface area contributed by atoms with Crippen molar-refractivity contribution in [2.75, 3.05) is 31.1 Å². The van der Waals surface area contributed by atoms with Crippen molar-refractivity contribution in [2.24, 2.45) is 0 Å². The highest BCUT2D eigenvalue weighted by atomic mass is 16.3. The van der Waals surface area contributed by atoms with Crippen molar-refractivity contribution in [2.45, 2.75) is 51.7 Å². The Labute approximate surface area is 176 Å². The zero-order valence-corrected chi connectivity index (χ0v) is 17.8. The van der Waals surface area contributed by atoms with Gasteiger partial charge >= 0.3 is 0 Å². The van der Waals surface area contributed by atoms with Crippen molar-refractivity contribution in [1.82, 2.24) is 14.7 Å². The van der Waals surface area contributed by atoms with E-state index in [1.165, 1.54) is 4.68 Å². The molecule has 4 rings (SSSR count). The highest BCUT2D eigenvalue weighted by Crippen LogP contribution is 2.24. The van der Waals surface area contributed by atoms with Gasteiger partial charge in [0, 0.05) is 37.8 Å². The third-order valence-electron chi connectivity index (χ3n) is 6.51. The van der Waals surface area contributed by atoms with E-state index in [0.717, 1.165) is 48.3 Å². The summed E-state index contributed by atoms with van der Waals surface area (Å²) in [6.45, 7) is 6.65. The summed E-state index contributed by atoms with van der Waals surface area (Å²) in [6, 6.07) is 7.33. The molecule has 2 aliphatic heterocycles. The van der Waals surface area contributed by atoms with E-state index in [1.54, 1.807) is 12.3 Å². The Morgan fingerprint density at radius 2 is 1.90 bits per heavy atom. The Hall–Kier alpha value is -2.67. The molecule has 0 unspecified atom stereocenters. The lowest BCUT2D eigenvalue weighted by Gasteiger charge is -2.34. The minimum absolute atomic E-state index is 0.0254. The molecule has 2 aliphatic rings. The Bertz CT molecular complexity index is 979. The van der Waals surface area contributed by atoms with Crippen LogP contribution in [0.5, 0.6) is 0 Å². The first-order valence-corrected chi connectivity index (χ1v) is 10.8. The Morgan fingerprint density at radius 1 is 1.13 bits per heavy atom. The van der Waals surface area contributed by atoms with Gasteiger partial charge in [-0.3, -0.25) is 9.59 Å². The molecule has 0 spiro atoms. The van der Waals surface area contributed by atoms with Crippen LogP contribution in [-0.4, -0.2) is 58.0 Å². The van der Waals surface area contributed by atoms with Gasteiger partial charge in [0.15, 0.2) is 0 Å². The average molecular weight is 411 g/mol. The lowest BCUT2D eigenvalue weighted by Crippen LogP contribution is -2.44. The topological polar surface area (TPSA) is 78.7 Å². The van der Waals surface area contributed by atoms with Gasteiger partial charge in [-0.05, 0) is 56.7 Å². The van der Waals surface area contributed by atoms with E-state index >= 15 is 0 Å². The highest BCUT2D eigenvalue weighted by molar-refractivity contribution is 5.96. The van der Waals surface area contributed by atoms with Gasteiger partial charge in [0.2, 0.25) is 0 Å². The maximum absolute atomic E-state index is 13.1. The van der Waals surface area contributed by atoms with Crippen LogP contribution in [0.3, 0.4) is 0 Å². The maximum Gasteiger partial charge on any atom is 0.269 e. The molecule has 0 radical (unpaired) electrons. The standard InChI is InChI=1S/C23H30N4O3/c1-16-5-3-7-21(17(16)2)23(30)26-10-4-6-18(15-26)27-22(29)13-19(14-24-27)25-11-8-20(28)9-12-25/h3,5,7,13-14,18,20,28H,4,6,8-12,15H2,1-2H3/t18-/m0/s1. The van der Waals surface area contributed by atoms with Crippen LogP contribution in [0, 0.1) is 13.8 Å². The fourth-order valence-corrected chi connectivity index (χ4v) is 4.47. The summed E-state index contributed by atoms with van der Waals surface area (Å²) in [5.74, 6) is 0.0254. The Morgan fingerprint density at radius 3 is 2.63 bits per heavy atom. The van der Waals surface area contributed by atoms with Crippen molar-refractivity contribution in [3.63, 3.8) is 0 Å². The first kappa shape index (κ1) is 20.6. The van der Waals surface area contributed by atoms with Crippen molar-refractivity contribution >= 4 is 11.6 Å². The zero-order valence-electron chi connectivity index (χ0n) is 17.8. The normalized spacial score (nSPS) is 20.4. The maximum atomic E-state index is 13.1. The molecule has 2 aromatic rings. The Kier molecular flexibility index (Phi) is 5.90.